The van der Waals surface area contributed by atoms with Crippen molar-refractivity contribution >= 4 is 18.1 Å². The average molecular weight is 297 g/mol. The first kappa shape index (κ1) is 15.3. The van der Waals surface area contributed by atoms with E-state index in [9.17, 15) is 9.59 Å². The van der Waals surface area contributed by atoms with E-state index >= 15 is 0 Å². The van der Waals surface area contributed by atoms with Gasteiger partial charge in [-0.3, -0.25) is 0 Å². The molecule has 5 nitrogen and oxygen atoms in total. The van der Waals surface area contributed by atoms with Crippen molar-refractivity contribution in [3.63, 3.8) is 0 Å². The van der Waals surface area contributed by atoms with Crippen molar-refractivity contribution in [1.29, 1.82) is 0 Å². The lowest BCUT2D eigenvalue weighted by Gasteiger charge is -2.05. The predicted molar refractivity (Wildman–Crippen MR) is 81.3 cm³/mol. The molecule has 0 saturated carbocycles. The molecular formula is C17H15NO4. The molecule has 1 N–H and O–H groups in total. The minimum Gasteiger partial charge on any atom is -0.443 e. The monoisotopic (exact) mass is 297 g/mol. The van der Waals surface area contributed by atoms with Gasteiger partial charge in [0.15, 0.2) is 0 Å². The molecule has 0 aliphatic heterocycles. The molecule has 0 radical (unpaired) electrons. The maximum Gasteiger partial charge on any atom is 0.441 e. The Balaban J connectivity index is 1.69. The first-order valence-electron chi connectivity index (χ1n) is 6.64. The summed E-state index contributed by atoms with van der Waals surface area (Å²) in [5.41, 5.74) is 3.62. The Hall–Kier alpha value is -3.08. The summed E-state index contributed by atoms with van der Waals surface area (Å²) in [6, 6.07) is 18.4. The van der Waals surface area contributed by atoms with Crippen LogP contribution in [0.15, 0.2) is 66.7 Å². The quantitative estimate of drug-likeness (QED) is 0.695. The van der Waals surface area contributed by atoms with Gasteiger partial charge in [-0.1, -0.05) is 60.7 Å². The normalized spacial score (nSPS) is 10.2. The van der Waals surface area contributed by atoms with Gasteiger partial charge in [0, 0.05) is 6.08 Å². The Morgan fingerprint density at radius 1 is 0.955 bits per heavy atom. The fourth-order valence-corrected chi connectivity index (χ4v) is 1.61. The van der Waals surface area contributed by atoms with Crippen molar-refractivity contribution in [3.8, 4) is 0 Å². The number of carbonyl (C=O) groups excluding carboxylic acids is 2. The number of rotatable bonds is 4. The highest BCUT2D eigenvalue weighted by Crippen LogP contribution is 2.02. The van der Waals surface area contributed by atoms with Gasteiger partial charge >= 0.3 is 12.1 Å². The van der Waals surface area contributed by atoms with Crippen LogP contribution in [0.4, 0.5) is 4.79 Å². The zero-order valence-corrected chi connectivity index (χ0v) is 11.8. The molecule has 0 saturated heterocycles. The lowest BCUT2D eigenvalue weighted by molar-refractivity contribution is -0.143. The summed E-state index contributed by atoms with van der Waals surface area (Å²) in [5, 5.41) is 0. The van der Waals surface area contributed by atoms with Crippen LogP contribution in [-0.2, 0) is 21.0 Å². The fraction of sp³-hybridized carbons (Fsp3) is 0.0588. The van der Waals surface area contributed by atoms with Crippen LogP contribution in [-0.4, -0.2) is 12.1 Å². The highest BCUT2D eigenvalue weighted by Gasteiger charge is 2.05. The zero-order valence-electron chi connectivity index (χ0n) is 11.8. The van der Waals surface area contributed by atoms with Crippen molar-refractivity contribution in [3.05, 3.63) is 77.9 Å². The fourth-order valence-electron chi connectivity index (χ4n) is 1.61. The highest BCUT2D eigenvalue weighted by molar-refractivity contribution is 5.87. The van der Waals surface area contributed by atoms with Gasteiger partial charge in [0.1, 0.15) is 6.61 Å². The molecule has 22 heavy (non-hydrogen) atoms. The summed E-state index contributed by atoms with van der Waals surface area (Å²) >= 11 is 0. The van der Waals surface area contributed by atoms with Crippen LogP contribution in [0, 0.1) is 0 Å². The van der Waals surface area contributed by atoms with Crippen LogP contribution in [0.25, 0.3) is 6.08 Å². The van der Waals surface area contributed by atoms with Gasteiger partial charge in [0.05, 0.1) is 0 Å². The van der Waals surface area contributed by atoms with Gasteiger partial charge in [-0.15, -0.1) is 5.48 Å². The molecule has 112 valence electrons. The summed E-state index contributed by atoms with van der Waals surface area (Å²) < 4.78 is 4.89. The molecule has 0 aliphatic rings. The third-order valence-electron chi connectivity index (χ3n) is 2.66. The molecule has 1 amide bonds. The highest BCUT2D eigenvalue weighted by atomic mass is 16.7. The Morgan fingerprint density at radius 3 is 2.27 bits per heavy atom. The van der Waals surface area contributed by atoms with E-state index in [4.69, 9.17) is 4.74 Å². The minimum absolute atomic E-state index is 0.101. The number of benzene rings is 2. The zero-order chi connectivity index (χ0) is 15.6. The number of ether oxygens (including phenoxy) is 1. The molecule has 0 unspecified atom stereocenters. The van der Waals surface area contributed by atoms with E-state index in [-0.39, 0.29) is 6.61 Å². The second-order valence-electron chi connectivity index (χ2n) is 4.33. The largest absolute Gasteiger partial charge is 0.443 e. The van der Waals surface area contributed by atoms with E-state index in [1.54, 1.807) is 6.08 Å². The predicted octanol–water partition coefficient (Wildman–Crippen LogP) is 3.08. The van der Waals surface area contributed by atoms with Crippen LogP contribution < -0.4 is 5.48 Å². The van der Waals surface area contributed by atoms with E-state index in [0.717, 1.165) is 11.1 Å². The number of hydrogen-bond donors (Lipinski definition) is 1. The standard InChI is InChI=1S/C17H15NO4/c19-16(12-11-14-7-3-1-4-8-14)22-18-17(20)21-13-15-9-5-2-6-10-15/h1-12H,13H2,(H,18,20). The van der Waals surface area contributed by atoms with E-state index in [1.807, 2.05) is 66.1 Å². The molecule has 0 atom stereocenters. The number of carbonyl (C=O) groups is 2. The Kier molecular flexibility index (Phi) is 5.75. The van der Waals surface area contributed by atoms with Crippen LogP contribution in [0.3, 0.4) is 0 Å². The Morgan fingerprint density at radius 2 is 1.59 bits per heavy atom. The number of amides is 1. The smallest absolute Gasteiger partial charge is 0.441 e. The van der Waals surface area contributed by atoms with E-state index in [2.05, 4.69) is 4.84 Å². The van der Waals surface area contributed by atoms with Gasteiger partial charge in [-0.2, -0.15) is 0 Å². The lowest BCUT2D eigenvalue weighted by atomic mass is 10.2. The molecular weight excluding hydrogens is 282 g/mol. The first-order chi connectivity index (χ1) is 10.7. The van der Waals surface area contributed by atoms with Crippen LogP contribution in [0.2, 0.25) is 0 Å². The summed E-state index contributed by atoms with van der Waals surface area (Å²) in [6.07, 6.45) is 1.97. The summed E-state index contributed by atoms with van der Waals surface area (Å²) in [5.74, 6) is -0.694. The van der Waals surface area contributed by atoms with E-state index in [0.29, 0.717) is 0 Å². The molecule has 5 heteroatoms. The second kappa shape index (κ2) is 8.26. The summed E-state index contributed by atoms with van der Waals surface area (Å²) in [4.78, 5) is 27.3. The molecule has 2 rings (SSSR count). The van der Waals surface area contributed by atoms with Crippen LogP contribution in [0.5, 0.6) is 0 Å². The molecule has 0 aliphatic carbocycles. The SMILES string of the molecule is O=C(C=Cc1ccccc1)ONC(=O)OCc1ccccc1. The molecule has 2 aromatic rings. The van der Waals surface area contributed by atoms with E-state index in [1.165, 1.54) is 6.08 Å². The number of hydroxylamine groups is 1. The summed E-state index contributed by atoms with van der Waals surface area (Å²) in [6.45, 7) is 0.101. The topological polar surface area (TPSA) is 64.6 Å². The van der Waals surface area contributed by atoms with Gasteiger partial charge in [-0.25, -0.2) is 9.59 Å². The van der Waals surface area contributed by atoms with Gasteiger partial charge < -0.3 is 9.57 Å². The molecule has 0 bridgehead atoms. The van der Waals surface area contributed by atoms with Crippen molar-refractivity contribution in [2.24, 2.45) is 0 Å². The Labute approximate surface area is 128 Å². The number of nitrogens with one attached hydrogen (secondary N) is 1. The average Bonchev–Trinajstić information content (AvgIpc) is 2.58. The van der Waals surface area contributed by atoms with Crippen molar-refractivity contribution in [2.45, 2.75) is 6.61 Å². The molecule has 0 aromatic heterocycles. The van der Waals surface area contributed by atoms with Crippen molar-refractivity contribution in [2.75, 3.05) is 0 Å². The summed E-state index contributed by atoms with van der Waals surface area (Å²) in [7, 11) is 0. The first-order valence-corrected chi connectivity index (χ1v) is 6.64. The third kappa shape index (κ3) is 5.50. The maximum atomic E-state index is 11.4. The van der Waals surface area contributed by atoms with Gasteiger partial charge in [-0.05, 0) is 17.2 Å². The third-order valence-corrected chi connectivity index (χ3v) is 2.66. The van der Waals surface area contributed by atoms with Gasteiger partial charge in [0.2, 0.25) is 0 Å². The van der Waals surface area contributed by atoms with Crippen LogP contribution >= 0.6 is 0 Å². The Bertz CT molecular complexity index is 638. The molecule has 0 heterocycles. The van der Waals surface area contributed by atoms with E-state index < -0.39 is 12.1 Å². The maximum absolute atomic E-state index is 11.4. The van der Waals surface area contributed by atoms with Crippen LogP contribution in [0.1, 0.15) is 11.1 Å². The van der Waals surface area contributed by atoms with Gasteiger partial charge in [0.25, 0.3) is 0 Å². The molecule has 0 fully saturated rings. The molecule has 2 aromatic carbocycles. The van der Waals surface area contributed by atoms with Crippen molar-refractivity contribution in [1.82, 2.24) is 5.48 Å². The number of hydrogen-bond acceptors (Lipinski definition) is 4. The molecule has 0 spiro atoms. The second-order valence-corrected chi connectivity index (χ2v) is 4.33. The van der Waals surface area contributed by atoms with Crippen molar-refractivity contribution < 1.29 is 19.2 Å². The lowest BCUT2D eigenvalue weighted by Crippen LogP contribution is -2.26. The minimum atomic E-state index is -0.828.